The van der Waals surface area contributed by atoms with Crippen molar-refractivity contribution < 1.29 is 14.3 Å². The van der Waals surface area contributed by atoms with Crippen LogP contribution in [0.15, 0.2) is 54.6 Å². The first kappa shape index (κ1) is 19.3. The maximum absolute atomic E-state index is 12.2. The lowest BCUT2D eigenvalue weighted by Gasteiger charge is -2.16. The van der Waals surface area contributed by atoms with Crippen LogP contribution in [0.3, 0.4) is 0 Å². The molecule has 0 unspecified atom stereocenters. The van der Waals surface area contributed by atoms with Gasteiger partial charge < -0.3 is 9.47 Å². The maximum Gasteiger partial charge on any atom is 0.341 e. The van der Waals surface area contributed by atoms with Gasteiger partial charge in [0.15, 0.2) is 0 Å². The molecule has 0 N–H and O–H groups in total. The van der Waals surface area contributed by atoms with Gasteiger partial charge >= 0.3 is 5.97 Å². The van der Waals surface area contributed by atoms with Gasteiger partial charge in [-0.2, -0.15) is 0 Å². The highest BCUT2D eigenvalue weighted by molar-refractivity contribution is 5.97. The van der Waals surface area contributed by atoms with Crippen molar-refractivity contribution in [3.8, 4) is 28.0 Å². The van der Waals surface area contributed by atoms with E-state index in [0.717, 1.165) is 24.0 Å². The third-order valence-corrected chi connectivity index (χ3v) is 5.59. The summed E-state index contributed by atoms with van der Waals surface area (Å²) >= 11 is 0. The van der Waals surface area contributed by atoms with Gasteiger partial charge in [-0.15, -0.1) is 0 Å². The fraction of sp³-hybridized carbons (Fsp3) is 0.269. The standard InChI is InChI=1S/C26H26O3/c1-16(2)14-17-8-5-9-18-15-23-19(10-6-11-20(23)24(17)18)21-12-7-13-22(25(21)28-3)26(27)29-4/h5-13,16H,14-15H2,1-4H3. The lowest BCUT2D eigenvalue weighted by atomic mass is 9.91. The molecule has 1 aliphatic rings. The Morgan fingerprint density at radius 1 is 0.931 bits per heavy atom. The predicted molar refractivity (Wildman–Crippen MR) is 117 cm³/mol. The minimum Gasteiger partial charge on any atom is -0.495 e. The highest BCUT2D eigenvalue weighted by Crippen LogP contribution is 2.46. The Kier molecular flexibility index (Phi) is 5.14. The topological polar surface area (TPSA) is 35.5 Å². The second-order valence-electron chi connectivity index (χ2n) is 7.94. The maximum atomic E-state index is 12.2. The number of hydrogen-bond acceptors (Lipinski definition) is 3. The molecule has 4 rings (SSSR count). The summed E-state index contributed by atoms with van der Waals surface area (Å²) < 4.78 is 10.6. The molecular weight excluding hydrogens is 360 g/mol. The minimum atomic E-state index is -0.390. The van der Waals surface area contributed by atoms with Gasteiger partial charge in [0.05, 0.1) is 14.2 Å². The molecular formula is C26H26O3. The van der Waals surface area contributed by atoms with Crippen LogP contribution in [0.5, 0.6) is 5.75 Å². The highest BCUT2D eigenvalue weighted by Gasteiger charge is 2.26. The number of methoxy groups -OCH3 is 2. The van der Waals surface area contributed by atoms with E-state index < -0.39 is 5.97 Å². The molecule has 3 aromatic carbocycles. The van der Waals surface area contributed by atoms with E-state index in [4.69, 9.17) is 9.47 Å². The van der Waals surface area contributed by atoms with Gasteiger partial charge in [0.25, 0.3) is 0 Å². The third-order valence-electron chi connectivity index (χ3n) is 5.59. The van der Waals surface area contributed by atoms with E-state index in [1.807, 2.05) is 12.1 Å². The first-order valence-electron chi connectivity index (χ1n) is 10.0. The molecule has 0 heterocycles. The van der Waals surface area contributed by atoms with Crippen molar-refractivity contribution >= 4 is 5.97 Å². The van der Waals surface area contributed by atoms with E-state index in [2.05, 4.69) is 50.2 Å². The molecule has 0 spiro atoms. The first-order chi connectivity index (χ1) is 14.0. The van der Waals surface area contributed by atoms with E-state index in [0.29, 0.717) is 17.2 Å². The van der Waals surface area contributed by atoms with Gasteiger partial charge in [-0.25, -0.2) is 4.79 Å². The summed E-state index contributed by atoms with van der Waals surface area (Å²) in [4.78, 5) is 12.2. The molecule has 0 aromatic heterocycles. The fourth-order valence-electron chi connectivity index (χ4n) is 4.45. The molecule has 0 atom stereocenters. The van der Waals surface area contributed by atoms with Gasteiger partial charge in [-0.05, 0) is 58.2 Å². The van der Waals surface area contributed by atoms with Crippen molar-refractivity contribution in [1.29, 1.82) is 0 Å². The highest BCUT2D eigenvalue weighted by atomic mass is 16.5. The molecule has 0 radical (unpaired) electrons. The van der Waals surface area contributed by atoms with Gasteiger partial charge in [0, 0.05) is 5.56 Å². The monoisotopic (exact) mass is 386 g/mol. The van der Waals surface area contributed by atoms with E-state index in [1.54, 1.807) is 13.2 Å². The molecule has 3 nitrogen and oxygen atoms in total. The summed E-state index contributed by atoms with van der Waals surface area (Å²) in [5, 5.41) is 0. The van der Waals surface area contributed by atoms with Crippen LogP contribution in [0.1, 0.15) is 40.9 Å². The second-order valence-corrected chi connectivity index (χ2v) is 7.94. The molecule has 3 heteroatoms. The Hall–Kier alpha value is -3.07. The van der Waals surface area contributed by atoms with Gasteiger partial charge in [-0.1, -0.05) is 62.4 Å². The molecule has 0 aliphatic heterocycles. The van der Waals surface area contributed by atoms with Crippen LogP contribution in [-0.4, -0.2) is 20.2 Å². The number of para-hydroxylation sites is 1. The lowest BCUT2D eigenvalue weighted by molar-refractivity contribution is 0.0597. The summed E-state index contributed by atoms with van der Waals surface area (Å²) in [6, 6.07) is 18.7. The number of carbonyl (C=O) groups excluding carboxylic acids is 1. The zero-order valence-electron chi connectivity index (χ0n) is 17.4. The van der Waals surface area contributed by atoms with Crippen LogP contribution in [0.25, 0.3) is 22.3 Å². The Morgan fingerprint density at radius 2 is 1.62 bits per heavy atom. The summed E-state index contributed by atoms with van der Waals surface area (Å²) in [5.74, 6) is 0.774. The predicted octanol–water partition coefficient (Wildman–Crippen LogP) is 5.92. The average molecular weight is 386 g/mol. The van der Waals surface area contributed by atoms with Crippen molar-refractivity contribution in [1.82, 2.24) is 0 Å². The normalized spacial score (nSPS) is 11.9. The zero-order valence-corrected chi connectivity index (χ0v) is 17.4. The number of esters is 1. The third kappa shape index (κ3) is 3.31. The summed E-state index contributed by atoms with van der Waals surface area (Å²) in [6.07, 6.45) is 1.95. The fourth-order valence-corrected chi connectivity index (χ4v) is 4.45. The quantitative estimate of drug-likeness (QED) is 0.400. The van der Waals surface area contributed by atoms with Crippen LogP contribution in [0.2, 0.25) is 0 Å². The van der Waals surface area contributed by atoms with Gasteiger partial charge in [0.2, 0.25) is 0 Å². The van der Waals surface area contributed by atoms with Crippen LogP contribution >= 0.6 is 0 Å². The molecule has 0 fully saturated rings. The van der Waals surface area contributed by atoms with Crippen LogP contribution < -0.4 is 4.74 Å². The smallest absolute Gasteiger partial charge is 0.341 e. The minimum absolute atomic E-state index is 0.390. The number of rotatable bonds is 5. The summed E-state index contributed by atoms with van der Waals surface area (Å²) in [6.45, 7) is 4.52. The molecule has 148 valence electrons. The molecule has 0 amide bonds. The SMILES string of the molecule is COC(=O)c1cccc(-c2cccc3c2Cc2cccc(CC(C)C)c2-3)c1OC. The Labute approximate surface area is 172 Å². The van der Waals surface area contributed by atoms with Crippen molar-refractivity contribution in [2.45, 2.75) is 26.7 Å². The number of benzene rings is 3. The molecule has 0 bridgehead atoms. The lowest BCUT2D eigenvalue weighted by Crippen LogP contribution is -2.05. The van der Waals surface area contributed by atoms with Crippen LogP contribution in [-0.2, 0) is 17.6 Å². The number of ether oxygens (including phenoxy) is 2. The summed E-state index contributed by atoms with van der Waals surface area (Å²) in [5.41, 5.74) is 9.21. The van der Waals surface area contributed by atoms with E-state index >= 15 is 0 Å². The van der Waals surface area contributed by atoms with Crippen molar-refractivity contribution in [3.63, 3.8) is 0 Å². The average Bonchev–Trinajstić information content (AvgIpc) is 3.12. The first-order valence-corrected chi connectivity index (χ1v) is 10.0. The largest absolute Gasteiger partial charge is 0.495 e. The van der Waals surface area contributed by atoms with Crippen LogP contribution in [0, 0.1) is 5.92 Å². The van der Waals surface area contributed by atoms with E-state index in [9.17, 15) is 4.79 Å². The second kappa shape index (κ2) is 7.75. The molecule has 3 aromatic rings. The van der Waals surface area contributed by atoms with Gasteiger partial charge in [0.1, 0.15) is 11.3 Å². The van der Waals surface area contributed by atoms with Crippen molar-refractivity contribution in [2.24, 2.45) is 5.92 Å². The number of fused-ring (bicyclic) bond motifs is 3. The molecule has 0 saturated heterocycles. The number of carbonyl (C=O) groups is 1. The molecule has 0 saturated carbocycles. The number of hydrogen-bond donors (Lipinski definition) is 0. The van der Waals surface area contributed by atoms with Crippen LogP contribution in [0.4, 0.5) is 0 Å². The zero-order chi connectivity index (χ0) is 20.5. The Balaban J connectivity index is 1.90. The van der Waals surface area contributed by atoms with E-state index in [-0.39, 0.29) is 0 Å². The van der Waals surface area contributed by atoms with E-state index in [1.165, 1.54) is 34.9 Å². The summed E-state index contributed by atoms with van der Waals surface area (Å²) in [7, 11) is 2.99. The van der Waals surface area contributed by atoms with Gasteiger partial charge in [-0.3, -0.25) is 0 Å². The van der Waals surface area contributed by atoms with Crippen molar-refractivity contribution in [3.05, 3.63) is 76.9 Å². The molecule has 1 aliphatic carbocycles. The Bertz CT molecular complexity index is 1080. The molecule has 29 heavy (non-hydrogen) atoms. The van der Waals surface area contributed by atoms with Crippen molar-refractivity contribution in [2.75, 3.05) is 14.2 Å². The Morgan fingerprint density at radius 3 is 2.34 bits per heavy atom.